The fourth-order valence-corrected chi connectivity index (χ4v) is 1.79. The molecule has 0 aromatic rings. The number of aliphatic hydroxyl groups is 1. The third kappa shape index (κ3) is 8.41. The van der Waals surface area contributed by atoms with Gasteiger partial charge in [0, 0.05) is 0 Å². The number of rotatable bonds is 12. The maximum Gasteiger partial charge on any atom is 0.326 e. The lowest BCUT2D eigenvalue weighted by atomic mass is 10.1. The molecule has 0 aliphatic heterocycles. The fourth-order valence-electron chi connectivity index (χ4n) is 1.79. The molecule has 0 fully saturated rings. The zero-order valence-corrected chi connectivity index (χ0v) is 13.2. The van der Waals surface area contributed by atoms with Crippen molar-refractivity contribution < 1.29 is 29.4 Å². The number of carboxylic acid groups (broad SMARTS) is 1. The van der Waals surface area contributed by atoms with Crippen LogP contribution in [0.2, 0.25) is 0 Å². The van der Waals surface area contributed by atoms with Gasteiger partial charge in [0.2, 0.25) is 17.7 Å². The molecular weight excluding hydrogens is 322 g/mol. The third-order valence-corrected chi connectivity index (χ3v) is 3.13. The molecule has 0 aromatic heterocycles. The molecule has 0 aromatic carbocycles. The molecule has 0 radical (unpaired) electrons. The Morgan fingerprint density at radius 2 is 1.58 bits per heavy atom. The molecule has 0 unspecified atom stereocenters. The van der Waals surface area contributed by atoms with Gasteiger partial charge in [-0.05, 0) is 25.8 Å². The maximum absolute atomic E-state index is 12.1. The maximum atomic E-state index is 12.1. The summed E-state index contributed by atoms with van der Waals surface area (Å²) in [7, 11) is 0. The Kier molecular flexibility index (Phi) is 10.3. The molecule has 0 heterocycles. The van der Waals surface area contributed by atoms with Gasteiger partial charge in [-0.3, -0.25) is 14.4 Å². The summed E-state index contributed by atoms with van der Waals surface area (Å²) < 4.78 is 0. The molecule has 0 saturated heterocycles. The highest BCUT2D eigenvalue weighted by Gasteiger charge is 2.28. The van der Waals surface area contributed by atoms with E-state index in [1.807, 2.05) is 0 Å². The number of aliphatic hydroxyl groups excluding tert-OH is 1. The standard InChI is InChI=1S/C13H25N5O6/c14-4-2-1-3-8(13(23)24)17-12(22)9(5-10(16)20)18-11(21)7(15)6-19/h7-9,19H,1-6,14-15H2,(H2,16,20)(H,17,22)(H,18,21)(H,23,24)/t7-,8-,9-/m0/s1. The van der Waals surface area contributed by atoms with Gasteiger partial charge < -0.3 is 38.0 Å². The minimum atomic E-state index is -1.39. The Labute approximate surface area is 138 Å². The van der Waals surface area contributed by atoms with Crippen LogP contribution in [0.5, 0.6) is 0 Å². The van der Waals surface area contributed by atoms with Crippen LogP contribution < -0.4 is 27.8 Å². The number of amides is 3. The predicted molar refractivity (Wildman–Crippen MR) is 83.3 cm³/mol. The van der Waals surface area contributed by atoms with E-state index in [9.17, 15) is 19.2 Å². The second kappa shape index (κ2) is 11.3. The molecule has 10 N–H and O–H groups in total. The van der Waals surface area contributed by atoms with Gasteiger partial charge in [-0.2, -0.15) is 0 Å². The number of unbranched alkanes of at least 4 members (excludes halogenated alkanes) is 1. The molecular formula is C13H25N5O6. The van der Waals surface area contributed by atoms with Crippen molar-refractivity contribution in [3.8, 4) is 0 Å². The number of hydrogen-bond donors (Lipinski definition) is 7. The third-order valence-electron chi connectivity index (χ3n) is 3.13. The SMILES string of the molecule is NCCCC[C@H](NC(=O)[C@H](CC(N)=O)NC(=O)[C@@H](N)CO)C(=O)O. The van der Waals surface area contributed by atoms with Crippen LogP contribution in [0.3, 0.4) is 0 Å². The van der Waals surface area contributed by atoms with Crippen molar-refractivity contribution in [2.24, 2.45) is 17.2 Å². The van der Waals surface area contributed by atoms with E-state index in [0.29, 0.717) is 19.4 Å². The first kappa shape index (κ1) is 21.8. The van der Waals surface area contributed by atoms with E-state index in [4.69, 9.17) is 27.4 Å². The lowest BCUT2D eigenvalue weighted by Gasteiger charge is -2.21. The van der Waals surface area contributed by atoms with Gasteiger partial charge >= 0.3 is 5.97 Å². The molecule has 0 rings (SSSR count). The van der Waals surface area contributed by atoms with Crippen LogP contribution in [0.15, 0.2) is 0 Å². The Morgan fingerprint density at radius 3 is 2.04 bits per heavy atom. The van der Waals surface area contributed by atoms with Crippen molar-refractivity contribution in [2.45, 2.75) is 43.8 Å². The van der Waals surface area contributed by atoms with Crippen LogP contribution in [0, 0.1) is 0 Å². The Bertz CT molecular complexity index is 458. The topological polar surface area (TPSA) is 211 Å². The van der Waals surface area contributed by atoms with E-state index < -0.39 is 54.8 Å². The highest BCUT2D eigenvalue weighted by atomic mass is 16.4. The zero-order chi connectivity index (χ0) is 18.7. The van der Waals surface area contributed by atoms with Crippen LogP contribution in [0.1, 0.15) is 25.7 Å². The molecule has 24 heavy (non-hydrogen) atoms. The summed E-state index contributed by atoms with van der Waals surface area (Å²) in [6.45, 7) is -0.271. The van der Waals surface area contributed by atoms with Gasteiger partial charge in [-0.1, -0.05) is 0 Å². The molecule has 11 nitrogen and oxygen atoms in total. The predicted octanol–water partition coefficient (Wildman–Crippen LogP) is -3.64. The van der Waals surface area contributed by atoms with Gasteiger partial charge in [-0.15, -0.1) is 0 Å². The van der Waals surface area contributed by atoms with Gasteiger partial charge in [0.15, 0.2) is 0 Å². The minimum absolute atomic E-state index is 0.145. The highest BCUT2D eigenvalue weighted by molar-refractivity contribution is 5.94. The van der Waals surface area contributed by atoms with Gasteiger partial charge in [-0.25, -0.2) is 4.79 Å². The Hall–Kier alpha value is -2.24. The smallest absolute Gasteiger partial charge is 0.326 e. The first-order valence-electron chi connectivity index (χ1n) is 7.41. The minimum Gasteiger partial charge on any atom is -0.480 e. The van der Waals surface area contributed by atoms with Crippen molar-refractivity contribution in [2.75, 3.05) is 13.2 Å². The number of hydrogen-bond acceptors (Lipinski definition) is 7. The van der Waals surface area contributed by atoms with Crippen molar-refractivity contribution in [1.29, 1.82) is 0 Å². The molecule has 0 saturated carbocycles. The van der Waals surface area contributed by atoms with E-state index in [-0.39, 0.29) is 6.42 Å². The highest BCUT2D eigenvalue weighted by Crippen LogP contribution is 2.03. The second-order valence-electron chi connectivity index (χ2n) is 5.20. The number of nitrogens with two attached hydrogens (primary N) is 3. The lowest BCUT2D eigenvalue weighted by molar-refractivity contribution is -0.142. The summed E-state index contributed by atoms with van der Waals surface area (Å²) in [5.41, 5.74) is 15.7. The van der Waals surface area contributed by atoms with E-state index in [0.717, 1.165) is 0 Å². The van der Waals surface area contributed by atoms with E-state index in [1.165, 1.54) is 0 Å². The average Bonchev–Trinajstić information content (AvgIpc) is 2.51. The van der Waals surface area contributed by atoms with Crippen LogP contribution in [0.25, 0.3) is 0 Å². The number of aliphatic carboxylic acids is 1. The largest absolute Gasteiger partial charge is 0.480 e. The van der Waals surface area contributed by atoms with Crippen molar-refractivity contribution in [1.82, 2.24) is 10.6 Å². The molecule has 3 atom stereocenters. The van der Waals surface area contributed by atoms with E-state index in [1.54, 1.807) is 0 Å². The summed E-state index contributed by atoms with van der Waals surface area (Å²) in [6, 6.07) is -3.86. The summed E-state index contributed by atoms with van der Waals surface area (Å²) >= 11 is 0. The van der Waals surface area contributed by atoms with Crippen LogP contribution in [-0.2, 0) is 19.2 Å². The van der Waals surface area contributed by atoms with Crippen molar-refractivity contribution in [3.63, 3.8) is 0 Å². The Balaban J connectivity index is 4.91. The monoisotopic (exact) mass is 347 g/mol. The molecule has 11 heteroatoms. The number of primary amides is 1. The number of carbonyl (C=O) groups is 4. The Morgan fingerprint density at radius 1 is 1.00 bits per heavy atom. The quantitative estimate of drug-likeness (QED) is 0.174. The number of carboxylic acids is 1. The van der Waals surface area contributed by atoms with Crippen molar-refractivity contribution >= 4 is 23.7 Å². The molecule has 0 aliphatic carbocycles. The first-order valence-corrected chi connectivity index (χ1v) is 7.41. The van der Waals surface area contributed by atoms with Gasteiger partial charge in [0.05, 0.1) is 13.0 Å². The number of carbonyl (C=O) groups excluding carboxylic acids is 3. The summed E-state index contributed by atoms with van der Waals surface area (Å²) in [5, 5.41) is 22.3. The zero-order valence-electron chi connectivity index (χ0n) is 13.2. The summed E-state index contributed by atoms with van der Waals surface area (Å²) in [4.78, 5) is 46.0. The summed E-state index contributed by atoms with van der Waals surface area (Å²) in [5.74, 6) is -3.87. The average molecular weight is 347 g/mol. The normalized spacial score (nSPS) is 14.3. The fraction of sp³-hybridized carbons (Fsp3) is 0.692. The molecule has 3 amide bonds. The number of nitrogens with one attached hydrogen (secondary N) is 2. The van der Waals surface area contributed by atoms with Crippen LogP contribution in [-0.4, -0.2) is 65.2 Å². The molecule has 0 aliphatic rings. The van der Waals surface area contributed by atoms with Gasteiger partial charge in [0.1, 0.15) is 18.1 Å². The van der Waals surface area contributed by atoms with E-state index >= 15 is 0 Å². The van der Waals surface area contributed by atoms with Crippen LogP contribution >= 0.6 is 0 Å². The van der Waals surface area contributed by atoms with Gasteiger partial charge in [0.25, 0.3) is 0 Å². The molecule has 0 bridgehead atoms. The van der Waals surface area contributed by atoms with E-state index in [2.05, 4.69) is 10.6 Å². The second-order valence-corrected chi connectivity index (χ2v) is 5.20. The lowest BCUT2D eigenvalue weighted by Crippen LogP contribution is -2.56. The first-order chi connectivity index (χ1) is 11.2. The van der Waals surface area contributed by atoms with Crippen molar-refractivity contribution in [3.05, 3.63) is 0 Å². The summed E-state index contributed by atoms with van der Waals surface area (Å²) in [6.07, 6.45) is 0.680. The molecule has 0 spiro atoms. The molecule has 138 valence electrons. The van der Waals surface area contributed by atoms with Crippen LogP contribution in [0.4, 0.5) is 0 Å².